The number of rotatable bonds is 7. The number of hydrogen-bond donors (Lipinski definition) is 2. The van der Waals surface area contributed by atoms with Crippen molar-refractivity contribution >= 4 is 6.03 Å². The molecule has 1 atom stereocenters. The molecule has 24 heavy (non-hydrogen) atoms. The lowest BCUT2D eigenvalue weighted by Crippen LogP contribution is -2.45. The van der Waals surface area contributed by atoms with Crippen molar-refractivity contribution in [3.8, 4) is 0 Å². The third kappa shape index (κ3) is 5.49. The second-order valence-corrected chi connectivity index (χ2v) is 6.55. The van der Waals surface area contributed by atoms with Gasteiger partial charge in [0.1, 0.15) is 0 Å². The Morgan fingerprint density at radius 2 is 2.00 bits per heavy atom. The van der Waals surface area contributed by atoms with Gasteiger partial charge in [0.25, 0.3) is 0 Å². The van der Waals surface area contributed by atoms with Crippen LogP contribution in [-0.4, -0.2) is 41.8 Å². The van der Waals surface area contributed by atoms with E-state index in [9.17, 15) is 9.90 Å². The maximum atomic E-state index is 12.3. The molecule has 2 rings (SSSR count). The first kappa shape index (κ1) is 18.7. The lowest BCUT2D eigenvalue weighted by molar-refractivity contribution is 0.0797. The minimum absolute atomic E-state index is 0.0247. The zero-order valence-corrected chi connectivity index (χ0v) is 14.8. The van der Waals surface area contributed by atoms with Gasteiger partial charge in [0, 0.05) is 26.2 Å². The molecule has 1 saturated heterocycles. The average Bonchev–Trinajstić information content (AvgIpc) is 2.61. The molecule has 0 bridgehead atoms. The van der Waals surface area contributed by atoms with Gasteiger partial charge in [0.2, 0.25) is 0 Å². The van der Waals surface area contributed by atoms with Gasteiger partial charge in [-0.1, -0.05) is 31.2 Å². The van der Waals surface area contributed by atoms with Crippen molar-refractivity contribution in [1.29, 1.82) is 0 Å². The molecule has 2 N–H and O–H groups in total. The second kappa shape index (κ2) is 9.64. The highest BCUT2D eigenvalue weighted by atomic mass is 16.5. The van der Waals surface area contributed by atoms with Crippen LogP contribution in [0.15, 0.2) is 24.3 Å². The second-order valence-electron chi connectivity index (χ2n) is 6.55. The molecule has 5 heteroatoms. The summed E-state index contributed by atoms with van der Waals surface area (Å²) in [5.41, 5.74) is 2.22. The Balaban J connectivity index is 1.82. The Hall–Kier alpha value is -1.59. The van der Waals surface area contributed by atoms with Gasteiger partial charge in [-0.15, -0.1) is 0 Å². The monoisotopic (exact) mass is 334 g/mol. The van der Waals surface area contributed by atoms with Crippen molar-refractivity contribution in [3.05, 3.63) is 35.4 Å². The number of amides is 2. The molecule has 0 radical (unpaired) electrons. The minimum Gasteiger partial charge on any atom is -0.393 e. The first-order valence-electron chi connectivity index (χ1n) is 8.97. The lowest BCUT2D eigenvalue weighted by atomic mass is 9.92. The van der Waals surface area contributed by atoms with Crippen LogP contribution in [0.5, 0.6) is 0 Å². The van der Waals surface area contributed by atoms with E-state index in [1.54, 1.807) is 0 Å². The number of nitrogens with one attached hydrogen (secondary N) is 1. The van der Waals surface area contributed by atoms with Crippen molar-refractivity contribution in [2.45, 2.75) is 52.4 Å². The molecule has 1 aromatic carbocycles. The molecule has 1 fully saturated rings. The normalized spacial score (nSPS) is 16.9. The fourth-order valence-electron chi connectivity index (χ4n) is 3.06. The van der Waals surface area contributed by atoms with Crippen LogP contribution >= 0.6 is 0 Å². The van der Waals surface area contributed by atoms with E-state index in [0.717, 1.165) is 37.0 Å². The summed E-state index contributed by atoms with van der Waals surface area (Å²) in [4.78, 5) is 14.2. The van der Waals surface area contributed by atoms with E-state index in [-0.39, 0.29) is 12.1 Å². The summed E-state index contributed by atoms with van der Waals surface area (Å²) in [5.74, 6) is 0.311. The summed E-state index contributed by atoms with van der Waals surface area (Å²) in [6.45, 7) is 7.19. The molecule has 5 nitrogen and oxygen atoms in total. The number of aliphatic hydroxyl groups is 1. The van der Waals surface area contributed by atoms with Gasteiger partial charge in [-0.3, -0.25) is 0 Å². The van der Waals surface area contributed by atoms with Gasteiger partial charge in [0.15, 0.2) is 0 Å². The smallest absolute Gasteiger partial charge is 0.317 e. The number of carbonyl (C=O) groups excluding carboxylic acids is 1. The molecule has 1 unspecified atom stereocenters. The lowest BCUT2D eigenvalue weighted by Gasteiger charge is -2.33. The Labute approximate surface area is 145 Å². The number of aliphatic hydroxyl groups excluding tert-OH is 1. The maximum Gasteiger partial charge on any atom is 0.317 e. The van der Waals surface area contributed by atoms with Crippen molar-refractivity contribution in [2.24, 2.45) is 5.92 Å². The van der Waals surface area contributed by atoms with E-state index >= 15 is 0 Å². The molecule has 1 aliphatic rings. The number of urea groups is 1. The summed E-state index contributed by atoms with van der Waals surface area (Å²) in [5, 5.41) is 12.7. The van der Waals surface area contributed by atoms with E-state index in [0.29, 0.717) is 32.2 Å². The Kier molecular flexibility index (Phi) is 7.53. The van der Waals surface area contributed by atoms with E-state index in [1.165, 1.54) is 0 Å². The van der Waals surface area contributed by atoms with Gasteiger partial charge in [0.05, 0.1) is 12.7 Å². The molecular weight excluding hydrogens is 304 g/mol. The number of hydrogen-bond acceptors (Lipinski definition) is 3. The van der Waals surface area contributed by atoms with Crippen molar-refractivity contribution in [1.82, 2.24) is 10.2 Å². The van der Waals surface area contributed by atoms with Crippen LogP contribution in [0.4, 0.5) is 4.79 Å². The van der Waals surface area contributed by atoms with Gasteiger partial charge in [-0.05, 0) is 43.2 Å². The fraction of sp³-hybridized carbons (Fsp3) is 0.632. The van der Waals surface area contributed by atoms with Crippen molar-refractivity contribution < 1.29 is 14.6 Å². The van der Waals surface area contributed by atoms with Crippen LogP contribution in [0.25, 0.3) is 0 Å². The number of benzene rings is 1. The summed E-state index contributed by atoms with van der Waals surface area (Å²) in [6, 6.07) is 8.04. The van der Waals surface area contributed by atoms with Crippen molar-refractivity contribution in [2.75, 3.05) is 19.7 Å². The zero-order valence-electron chi connectivity index (χ0n) is 14.8. The number of ether oxygens (including phenoxy) is 1. The summed E-state index contributed by atoms with van der Waals surface area (Å²) >= 11 is 0. The summed E-state index contributed by atoms with van der Waals surface area (Å²) in [6.07, 6.45) is 2.45. The molecule has 1 heterocycles. The number of carbonyl (C=O) groups is 1. The highest BCUT2D eigenvalue weighted by molar-refractivity contribution is 5.74. The summed E-state index contributed by atoms with van der Waals surface area (Å²) in [7, 11) is 0. The van der Waals surface area contributed by atoms with Gasteiger partial charge in [-0.25, -0.2) is 4.79 Å². The van der Waals surface area contributed by atoms with E-state index in [4.69, 9.17) is 4.74 Å². The van der Waals surface area contributed by atoms with Gasteiger partial charge < -0.3 is 20.1 Å². The topological polar surface area (TPSA) is 61.8 Å². The van der Waals surface area contributed by atoms with Crippen LogP contribution in [0.1, 0.15) is 44.2 Å². The van der Waals surface area contributed by atoms with E-state index in [1.807, 2.05) is 36.1 Å². The van der Waals surface area contributed by atoms with Crippen LogP contribution < -0.4 is 5.32 Å². The molecule has 1 aliphatic heterocycles. The first-order chi connectivity index (χ1) is 11.6. The third-order valence-corrected chi connectivity index (χ3v) is 4.66. The van der Waals surface area contributed by atoms with Crippen LogP contribution in [0, 0.1) is 5.92 Å². The van der Waals surface area contributed by atoms with Crippen LogP contribution in [0.3, 0.4) is 0 Å². The number of piperidine rings is 1. The van der Waals surface area contributed by atoms with E-state index < -0.39 is 0 Å². The van der Waals surface area contributed by atoms with Crippen molar-refractivity contribution in [3.63, 3.8) is 0 Å². The quantitative estimate of drug-likeness (QED) is 0.754. The largest absolute Gasteiger partial charge is 0.393 e. The molecule has 0 saturated carbocycles. The molecular formula is C19H30N2O3. The predicted molar refractivity (Wildman–Crippen MR) is 94.6 cm³/mol. The maximum absolute atomic E-state index is 12.3. The average molecular weight is 334 g/mol. The van der Waals surface area contributed by atoms with Gasteiger partial charge >= 0.3 is 6.03 Å². The molecule has 1 aromatic rings. The Morgan fingerprint density at radius 1 is 1.33 bits per heavy atom. The Morgan fingerprint density at radius 3 is 2.62 bits per heavy atom. The molecule has 0 spiro atoms. The zero-order chi connectivity index (χ0) is 17.4. The number of likely N-dealkylation sites (tertiary alicyclic amines) is 1. The fourth-order valence-corrected chi connectivity index (χ4v) is 3.06. The minimum atomic E-state index is -0.287. The van der Waals surface area contributed by atoms with Crippen LogP contribution in [-0.2, 0) is 17.9 Å². The summed E-state index contributed by atoms with van der Waals surface area (Å²) < 4.78 is 5.62. The van der Waals surface area contributed by atoms with E-state index in [2.05, 4.69) is 12.2 Å². The van der Waals surface area contributed by atoms with Crippen LogP contribution in [0.2, 0.25) is 0 Å². The first-order valence-corrected chi connectivity index (χ1v) is 8.97. The highest BCUT2D eigenvalue weighted by Gasteiger charge is 2.25. The molecule has 2 amide bonds. The third-order valence-electron chi connectivity index (χ3n) is 4.66. The molecule has 0 aromatic heterocycles. The highest BCUT2D eigenvalue weighted by Crippen LogP contribution is 2.20. The van der Waals surface area contributed by atoms with Gasteiger partial charge in [-0.2, -0.15) is 0 Å². The SMILES string of the molecule is CCCOCc1ccccc1CNC(=O)N1CCC(C(C)O)CC1. The predicted octanol–water partition coefficient (Wildman–Crippen LogP) is 2.92. The molecule has 134 valence electrons. The number of nitrogens with zero attached hydrogens (tertiary/aromatic N) is 1. The Bertz CT molecular complexity index is 511. The molecule has 0 aliphatic carbocycles. The standard InChI is InChI=1S/C19H30N2O3/c1-3-12-24-14-18-7-5-4-6-17(18)13-20-19(23)21-10-8-16(9-11-21)15(2)22/h4-7,15-16,22H,3,8-14H2,1-2H3,(H,20,23).